The third-order valence-corrected chi connectivity index (χ3v) is 1.67. The van der Waals surface area contributed by atoms with Gasteiger partial charge in [-0.25, -0.2) is 4.79 Å². The second-order valence-electron chi connectivity index (χ2n) is 2.88. The summed E-state index contributed by atoms with van der Waals surface area (Å²) in [6.45, 7) is 5.19. The summed E-state index contributed by atoms with van der Waals surface area (Å²) in [7, 11) is 0. The van der Waals surface area contributed by atoms with Crippen LogP contribution in [0.4, 0.5) is 0 Å². The van der Waals surface area contributed by atoms with Gasteiger partial charge in [-0.2, -0.15) is 0 Å². The Morgan fingerprint density at radius 2 is 1.80 bits per heavy atom. The molecule has 0 fully saturated rings. The van der Waals surface area contributed by atoms with Gasteiger partial charge < -0.3 is 10.2 Å². The molecule has 15 heavy (non-hydrogen) atoms. The van der Waals surface area contributed by atoms with Gasteiger partial charge in [-0.3, -0.25) is 4.79 Å². The van der Waals surface area contributed by atoms with Gasteiger partial charge in [-0.1, -0.05) is 26.3 Å². The van der Waals surface area contributed by atoms with Crippen LogP contribution in [0.1, 0.15) is 32.6 Å². The maximum atomic E-state index is 9.87. The zero-order valence-corrected chi connectivity index (χ0v) is 9.59. The van der Waals surface area contributed by atoms with Crippen LogP contribution in [0.5, 0.6) is 0 Å². The first kappa shape index (κ1) is 16.4. The Balaban J connectivity index is 0. The van der Waals surface area contributed by atoms with Crippen molar-refractivity contribution >= 4 is 23.5 Å². The molecular weight excluding hydrogens is 220 g/mol. The topological polar surface area (TPSA) is 74.6 Å². The van der Waals surface area contributed by atoms with Crippen molar-refractivity contribution in [1.29, 1.82) is 0 Å². The van der Waals surface area contributed by atoms with E-state index in [-0.39, 0.29) is 5.57 Å². The first-order valence-electron chi connectivity index (χ1n) is 4.64. The van der Waals surface area contributed by atoms with Crippen molar-refractivity contribution in [2.45, 2.75) is 32.6 Å². The Labute approximate surface area is 94.6 Å². The minimum absolute atomic E-state index is 0.303. The highest BCUT2D eigenvalue weighted by Crippen LogP contribution is 1.95. The molecule has 4 nitrogen and oxygen atoms in total. The van der Waals surface area contributed by atoms with Gasteiger partial charge in [-0.15, -0.1) is 11.6 Å². The quantitative estimate of drug-likeness (QED) is 0.422. The molecule has 88 valence electrons. The number of hydrogen-bond donors (Lipinski definition) is 2. The maximum Gasteiger partial charge on any atom is 0.331 e. The summed E-state index contributed by atoms with van der Waals surface area (Å²) >= 11 is 5.38. The van der Waals surface area contributed by atoms with Crippen LogP contribution >= 0.6 is 11.6 Å². The summed E-state index contributed by atoms with van der Waals surface area (Å²) in [5, 5.41) is 16.1. The number of rotatable bonds is 6. The lowest BCUT2D eigenvalue weighted by molar-refractivity contribution is -0.139. The molecule has 0 saturated heterocycles. The van der Waals surface area contributed by atoms with Crippen LogP contribution in [0.2, 0.25) is 0 Å². The normalized spacial score (nSPS) is 8.67. The zero-order valence-electron chi connectivity index (χ0n) is 8.83. The Kier molecular flexibility index (Phi) is 12.1. The molecule has 0 aromatic carbocycles. The number of alkyl halides is 1. The van der Waals surface area contributed by atoms with Crippen molar-refractivity contribution in [2.24, 2.45) is 0 Å². The molecule has 5 heteroatoms. The van der Waals surface area contributed by atoms with Crippen molar-refractivity contribution in [2.75, 3.05) is 5.88 Å². The summed E-state index contributed by atoms with van der Waals surface area (Å²) in [6.07, 6.45) is 3.23. The fourth-order valence-corrected chi connectivity index (χ4v) is 0.792. The van der Waals surface area contributed by atoms with Crippen molar-refractivity contribution in [3.8, 4) is 0 Å². The van der Waals surface area contributed by atoms with Gasteiger partial charge in [0.2, 0.25) is 0 Å². The van der Waals surface area contributed by atoms with E-state index in [9.17, 15) is 9.59 Å². The summed E-state index contributed by atoms with van der Waals surface area (Å²) in [6, 6.07) is 0. The van der Waals surface area contributed by atoms with Gasteiger partial charge in [0.25, 0.3) is 0 Å². The third-order valence-electron chi connectivity index (χ3n) is 1.40. The highest BCUT2D eigenvalue weighted by atomic mass is 35.5. The average molecular weight is 237 g/mol. The van der Waals surface area contributed by atoms with E-state index in [1.54, 1.807) is 0 Å². The molecule has 0 rings (SSSR count). The molecule has 0 atom stereocenters. The number of carboxylic acids is 2. The van der Waals surface area contributed by atoms with Crippen LogP contribution in [0.3, 0.4) is 0 Å². The number of unbranched alkanes of at least 4 members (excludes halogenated alkanes) is 2. The first-order chi connectivity index (χ1) is 6.95. The largest absolute Gasteiger partial charge is 0.481 e. The lowest BCUT2D eigenvalue weighted by atomic mass is 10.2. The Morgan fingerprint density at radius 1 is 1.27 bits per heavy atom. The molecule has 0 unspecified atom stereocenters. The molecule has 0 aromatic heterocycles. The number of carbonyl (C=O) groups is 2. The SMILES string of the molecule is C=C(CC(=O)O)C(=O)O.CCCCCCl. The summed E-state index contributed by atoms with van der Waals surface area (Å²) in [5.41, 5.74) is -0.303. The predicted molar refractivity (Wildman–Crippen MR) is 59.3 cm³/mol. The summed E-state index contributed by atoms with van der Waals surface area (Å²) in [4.78, 5) is 19.7. The second kappa shape index (κ2) is 11.0. The Bertz CT molecular complexity index is 209. The lowest BCUT2D eigenvalue weighted by Crippen LogP contribution is -2.04. The Hall–Kier alpha value is -1.03. The highest BCUT2D eigenvalue weighted by molar-refractivity contribution is 6.17. The molecule has 0 aliphatic heterocycles. The Morgan fingerprint density at radius 3 is 1.93 bits per heavy atom. The van der Waals surface area contributed by atoms with E-state index in [4.69, 9.17) is 21.8 Å². The van der Waals surface area contributed by atoms with Crippen LogP contribution in [0.25, 0.3) is 0 Å². The number of aliphatic carboxylic acids is 2. The molecule has 0 aromatic rings. The van der Waals surface area contributed by atoms with E-state index < -0.39 is 18.4 Å². The zero-order chi connectivity index (χ0) is 12.3. The van der Waals surface area contributed by atoms with Gasteiger partial charge in [0, 0.05) is 11.5 Å². The molecule has 0 aliphatic rings. The van der Waals surface area contributed by atoms with Crippen LogP contribution in [-0.2, 0) is 9.59 Å². The van der Waals surface area contributed by atoms with E-state index in [1.165, 1.54) is 19.3 Å². The second-order valence-corrected chi connectivity index (χ2v) is 3.25. The minimum Gasteiger partial charge on any atom is -0.481 e. The molecular formula is C10H17ClO4. The van der Waals surface area contributed by atoms with E-state index in [1.807, 2.05) is 0 Å². The van der Waals surface area contributed by atoms with E-state index in [0.717, 1.165) is 5.88 Å². The van der Waals surface area contributed by atoms with E-state index >= 15 is 0 Å². The van der Waals surface area contributed by atoms with Crippen LogP contribution in [0.15, 0.2) is 12.2 Å². The molecule has 0 spiro atoms. The molecule has 0 heterocycles. The van der Waals surface area contributed by atoms with Gasteiger partial charge in [0.1, 0.15) is 0 Å². The van der Waals surface area contributed by atoms with E-state index in [2.05, 4.69) is 13.5 Å². The fraction of sp³-hybridized carbons (Fsp3) is 0.600. The third kappa shape index (κ3) is 15.7. The van der Waals surface area contributed by atoms with E-state index in [0.29, 0.717) is 0 Å². The number of hydrogen-bond acceptors (Lipinski definition) is 2. The molecule has 0 amide bonds. The summed E-state index contributed by atoms with van der Waals surface area (Å²) < 4.78 is 0. The van der Waals surface area contributed by atoms with Crippen molar-refractivity contribution in [1.82, 2.24) is 0 Å². The van der Waals surface area contributed by atoms with Gasteiger partial charge in [-0.05, 0) is 6.42 Å². The molecule has 0 radical (unpaired) electrons. The molecule has 2 N–H and O–H groups in total. The van der Waals surface area contributed by atoms with Gasteiger partial charge in [0.15, 0.2) is 0 Å². The monoisotopic (exact) mass is 236 g/mol. The maximum absolute atomic E-state index is 9.87. The van der Waals surface area contributed by atoms with Crippen molar-refractivity contribution in [3.05, 3.63) is 12.2 Å². The molecule has 0 bridgehead atoms. The number of halogens is 1. The van der Waals surface area contributed by atoms with Crippen LogP contribution in [0, 0.1) is 0 Å². The lowest BCUT2D eigenvalue weighted by Gasteiger charge is -1.91. The average Bonchev–Trinajstić information content (AvgIpc) is 2.14. The van der Waals surface area contributed by atoms with Crippen LogP contribution in [-0.4, -0.2) is 28.0 Å². The first-order valence-corrected chi connectivity index (χ1v) is 5.18. The van der Waals surface area contributed by atoms with Crippen molar-refractivity contribution < 1.29 is 19.8 Å². The number of carboxylic acid groups (broad SMARTS) is 2. The minimum atomic E-state index is -1.27. The van der Waals surface area contributed by atoms with Crippen molar-refractivity contribution in [3.63, 3.8) is 0 Å². The van der Waals surface area contributed by atoms with Gasteiger partial charge >= 0.3 is 11.9 Å². The van der Waals surface area contributed by atoms with Crippen LogP contribution < -0.4 is 0 Å². The molecule has 0 aliphatic carbocycles. The highest BCUT2D eigenvalue weighted by Gasteiger charge is 2.07. The predicted octanol–water partition coefficient (Wildman–Crippen LogP) is 2.52. The molecule has 0 saturated carbocycles. The standard InChI is InChI=1S/C5H11Cl.C5H6O4/c1-2-3-4-5-6;1-3(5(8)9)2-4(6)7/h2-5H2,1H3;1-2H2,(H,6,7)(H,8,9). The smallest absolute Gasteiger partial charge is 0.331 e. The van der Waals surface area contributed by atoms with Gasteiger partial charge in [0.05, 0.1) is 6.42 Å². The fourth-order valence-electron chi connectivity index (χ4n) is 0.603. The summed E-state index contributed by atoms with van der Waals surface area (Å²) in [5.74, 6) is -1.62.